The zero-order valence-corrected chi connectivity index (χ0v) is 3.46. The largest absolute Gasteiger partial charge is 0.514 e. The Hall–Kier alpha value is -1.19. The Morgan fingerprint density at radius 3 is 2.43 bits per heavy atom. The van der Waals surface area contributed by atoms with Crippen molar-refractivity contribution >= 4 is 6.09 Å². The molecule has 4 heteroatoms. The molecule has 0 heterocycles. The molecule has 0 fully saturated rings. The van der Waals surface area contributed by atoms with Gasteiger partial charge in [0.1, 0.15) is 0 Å². The Balaban J connectivity index is 3.14. The van der Waals surface area contributed by atoms with Gasteiger partial charge < -0.3 is 10.2 Å². The van der Waals surface area contributed by atoms with Crippen LogP contribution in [0.25, 0.3) is 0 Å². The van der Waals surface area contributed by atoms with Gasteiger partial charge in [-0.05, 0) is 0 Å². The van der Waals surface area contributed by atoms with E-state index in [0.717, 1.165) is 6.20 Å². The lowest BCUT2D eigenvalue weighted by atomic mass is 10.9. The summed E-state index contributed by atoms with van der Waals surface area (Å²) in [5.74, 6) is 0. The van der Waals surface area contributed by atoms with Crippen LogP contribution in [-0.2, 0) is 0 Å². The van der Waals surface area contributed by atoms with E-state index in [9.17, 15) is 4.79 Å². The lowest BCUT2D eigenvalue weighted by molar-refractivity contribution is 0.198. The number of carboxylic acid groups (broad SMARTS) is 1. The van der Waals surface area contributed by atoms with E-state index in [0.29, 0.717) is 6.26 Å². The molecule has 0 saturated heterocycles. The van der Waals surface area contributed by atoms with Gasteiger partial charge in [-0.2, -0.15) is 0 Å². The van der Waals surface area contributed by atoms with Crippen molar-refractivity contribution in [2.45, 2.75) is 0 Å². The molecule has 0 aromatic rings. The summed E-state index contributed by atoms with van der Waals surface area (Å²) in [5.41, 5.74) is 0. The van der Waals surface area contributed by atoms with Crippen LogP contribution in [0.15, 0.2) is 12.5 Å². The smallest absolute Gasteiger partial charge is 0.408 e. The predicted molar refractivity (Wildman–Crippen MR) is 22.9 cm³/mol. The summed E-state index contributed by atoms with van der Waals surface area (Å²) >= 11 is 0. The van der Waals surface area contributed by atoms with Gasteiger partial charge in [0.05, 0.1) is 6.26 Å². The number of aliphatic hydroxyl groups excluding tert-OH is 1. The van der Waals surface area contributed by atoms with E-state index in [4.69, 9.17) is 10.2 Å². The molecule has 0 spiro atoms. The summed E-state index contributed by atoms with van der Waals surface area (Å²) in [5, 5.41) is 17.4. The number of hydrogen-bond donors (Lipinski definition) is 3. The van der Waals surface area contributed by atoms with Gasteiger partial charge in [-0.1, -0.05) is 0 Å². The zero-order valence-electron chi connectivity index (χ0n) is 3.46. The first kappa shape index (κ1) is 5.81. The molecule has 0 aliphatic rings. The highest BCUT2D eigenvalue weighted by Crippen LogP contribution is 1.59. The van der Waals surface area contributed by atoms with E-state index in [1.165, 1.54) is 0 Å². The van der Waals surface area contributed by atoms with Crippen LogP contribution < -0.4 is 5.32 Å². The third kappa shape index (κ3) is 4.81. The zero-order chi connectivity index (χ0) is 5.70. The van der Waals surface area contributed by atoms with Crippen molar-refractivity contribution in [1.29, 1.82) is 0 Å². The lowest BCUT2D eigenvalue weighted by Gasteiger charge is -1.83. The van der Waals surface area contributed by atoms with Gasteiger partial charge in [-0.25, -0.2) is 4.79 Å². The van der Waals surface area contributed by atoms with Crippen molar-refractivity contribution in [2.75, 3.05) is 0 Å². The quantitative estimate of drug-likeness (QED) is 0.417. The minimum Gasteiger partial charge on any atom is -0.514 e. The first-order valence-electron chi connectivity index (χ1n) is 1.56. The second-order valence-corrected chi connectivity index (χ2v) is 0.765. The fourth-order valence-electron chi connectivity index (χ4n) is 0.109. The molecular weight excluding hydrogens is 98.0 g/mol. The van der Waals surface area contributed by atoms with Gasteiger partial charge in [-0.15, -0.1) is 0 Å². The van der Waals surface area contributed by atoms with Gasteiger partial charge in [0.2, 0.25) is 0 Å². The van der Waals surface area contributed by atoms with Crippen LogP contribution >= 0.6 is 0 Å². The first-order valence-corrected chi connectivity index (χ1v) is 1.56. The van der Waals surface area contributed by atoms with Crippen LogP contribution in [0.4, 0.5) is 4.79 Å². The van der Waals surface area contributed by atoms with Crippen LogP contribution in [0.2, 0.25) is 0 Å². The van der Waals surface area contributed by atoms with Crippen LogP contribution in [0, 0.1) is 0 Å². The Bertz CT molecular complexity index is 88.2. The molecule has 0 radical (unpaired) electrons. The summed E-state index contributed by atoms with van der Waals surface area (Å²) in [4.78, 5) is 9.48. The summed E-state index contributed by atoms with van der Waals surface area (Å²) in [6.07, 6.45) is 0.321. The maximum absolute atomic E-state index is 9.48. The molecule has 0 aliphatic heterocycles. The molecule has 0 aromatic carbocycles. The van der Waals surface area contributed by atoms with E-state index in [-0.39, 0.29) is 0 Å². The van der Waals surface area contributed by atoms with Crippen LogP contribution in [-0.4, -0.2) is 16.3 Å². The highest BCUT2D eigenvalue weighted by molar-refractivity contribution is 5.65. The van der Waals surface area contributed by atoms with Crippen LogP contribution in [0.1, 0.15) is 0 Å². The van der Waals surface area contributed by atoms with Crippen molar-refractivity contribution in [3.63, 3.8) is 0 Å². The molecule has 40 valence electrons. The van der Waals surface area contributed by atoms with Crippen molar-refractivity contribution in [2.24, 2.45) is 0 Å². The summed E-state index contributed by atoms with van der Waals surface area (Å²) in [6.45, 7) is 0. The van der Waals surface area contributed by atoms with E-state index in [1.807, 2.05) is 0 Å². The Morgan fingerprint density at radius 2 is 2.29 bits per heavy atom. The van der Waals surface area contributed by atoms with E-state index in [2.05, 4.69) is 0 Å². The number of hydrogen-bond acceptors (Lipinski definition) is 2. The maximum Gasteiger partial charge on any atom is 0.408 e. The van der Waals surface area contributed by atoms with Crippen LogP contribution in [0.3, 0.4) is 0 Å². The fraction of sp³-hybridized carbons (Fsp3) is 0. The fourth-order valence-corrected chi connectivity index (χ4v) is 0.109. The number of amides is 1. The summed E-state index contributed by atoms with van der Waals surface area (Å²) in [6, 6.07) is 0. The molecule has 3 N–H and O–H groups in total. The Kier molecular flexibility index (Phi) is 2.50. The number of rotatable bonds is 1. The van der Waals surface area contributed by atoms with Crippen molar-refractivity contribution < 1.29 is 15.0 Å². The molecule has 0 saturated carbocycles. The van der Waals surface area contributed by atoms with E-state index in [1.54, 1.807) is 5.32 Å². The SMILES string of the molecule is O=C(O)NC=CO. The summed E-state index contributed by atoms with van der Waals surface area (Å²) < 4.78 is 0. The second-order valence-electron chi connectivity index (χ2n) is 0.765. The third-order valence-corrected chi connectivity index (χ3v) is 0.281. The van der Waals surface area contributed by atoms with Crippen LogP contribution in [0.5, 0.6) is 0 Å². The maximum atomic E-state index is 9.48. The molecule has 0 rings (SSSR count). The van der Waals surface area contributed by atoms with Crippen molar-refractivity contribution in [1.82, 2.24) is 5.32 Å². The minimum atomic E-state index is -1.19. The van der Waals surface area contributed by atoms with Gasteiger partial charge in [0.15, 0.2) is 0 Å². The van der Waals surface area contributed by atoms with Gasteiger partial charge in [-0.3, -0.25) is 5.32 Å². The third-order valence-electron chi connectivity index (χ3n) is 0.281. The number of aliphatic hydroxyl groups is 1. The normalized spacial score (nSPS) is 9.14. The van der Waals surface area contributed by atoms with Gasteiger partial charge in [0.25, 0.3) is 0 Å². The Morgan fingerprint density at radius 1 is 1.71 bits per heavy atom. The molecule has 1 amide bonds. The minimum absolute atomic E-state index is 0.605. The molecule has 4 nitrogen and oxygen atoms in total. The molecule has 0 aliphatic carbocycles. The standard InChI is InChI=1S/C3H5NO3/c5-2-1-4-3(6)7/h1-2,4-5H,(H,6,7). The average molecular weight is 103 g/mol. The monoisotopic (exact) mass is 103 g/mol. The van der Waals surface area contributed by atoms with Gasteiger partial charge >= 0.3 is 6.09 Å². The van der Waals surface area contributed by atoms with Crippen molar-refractivity contribution in [3.05, 3.63) is 12.5 Å². The van der Waals surface area contributed by atoms with E-state index < -0.39 is 6.09 Å². The molecule has 0 unspecified atom stereocenters. The Labute approximate surface area is 40.1 Å². The summed E-state index contributed by atoms with van der Waals surface area (Å²) in [7, 11) is 0. The molecule has 7 heavy (non-hydrogen) atoms. The van der Waals surface area contributed by atoms with Gasteiger partial charge in [0, 0.05) is 6.20 Å². The predicted octanol–water partition coefficient (Wildman–Crippen LogP) is 0.283. The molecule has 0 atom stereocenters. The van der Waals surface area contributed by atoms with E-state index >= 15 is 0 Å². The first-order chi connectivity index (χ1) is 3.27. The number of nitrogens with one attached hydrogen (secondary N) is 1. The number of carbonyl (C=O) groups is 1. The highest BCUT2D eigenvalue weighted by Gasteiger charge is 1.82. The molecular formula is C3H5NO3. The molecule has 0 aromatic heterocycles. The highest BCUT2D eigenvalue weighted by atomic mass is 16.4. The van der Waals surface area contributed by atoms with Crippen molar-refractivity contribution in [3.8, 4) is 0 Å². The second kappa shape index (κ2) is 3.02. The molecule has 0 bridgehead atoms. The average Bonchev–Trinajstić information content (AvgIpc) is 1.61. The topological polar surface area (TPSA) is 69.6 Å². The lowest BCUT2D eigenvalue weighted by Crippen LogP contribution is -2.12.